The summed E-state index contributed by atoms with van der Waals surface area (Å²) < 4.78 is 28.0. The Labute approximate surface area is 200 Å². The van der Waals surface area contributed by atoms with Crippen LogP contribution in [0.4, 0.5) is 4.79 Å². The average molecular weight is 483 g/mol. The molecule has 2 heterocycles. The summed E-state index contributed by atoms with van der Waals surface area (Å²) >= 11 is 0. The van der Waals surface area contributed by atoms with E-state index in [4.69, 9.17) is 0 Å². The molecule has 0 radical (unpaired) electrons. The number of piperazine rings is 1. The number of aryl methyl sites for hydroxylation is 2. The Morgan fingerprint density at radius 3 is 2.32 bits per heavy atom. The van der Waals surface area contributed by atoms with Crippen LogP contribution in [0.5, 0.6) is 0 Å². The Morgan fingerprint density at radius 2 is 1.59 bits per heavy atom. The van der Waals surface area contributed by atoms with Crippen molar-refractivity contribution in [3.63, 3.8) is 0 Å². The molecule has 1 atom stereocenters. The highest BCUT2D eigenvalue weighted by Crippen LogP contribution is 2.26. The van der Waals surface area contributed by atoms with Crippen molar-refractivity contribution in [1.29, 1.82) is 0 Å². The van der Waals surface area contributed by atoms with Crippen LogP contribution in [-0.4, -0.2) is 73.4 Å². The molecule has 1 aliphatic carbocycles. The third-order valence-corrected chi connectivity index (χ3v) is 8.91. The summed E-state index contributed by atoms with van der Waals surface area (Å²) in [5, 5.41) is 2.78. The number of urea groups is 1. The van der Waals surface area contributed by atoms with Gasteiger partial charge in [0.15, 0.2) is 0 Å². The van der Waals surface area contributed by atoms with Crippen LogP contribution in [0.1, 0.15) is 29.5 Å². The van der Waals surface area contributed by atoms with Gasteiger partial charge in [-0.05, 0) is 54.5 Å². The number of hydrogen-bond donors (Lipinski definition) is 1. The van der Waals surface area contributed by atoms with E-state index in [0.717, 1.165) is 36.8 Å². The van der Waals surface area contributed by atoms with E-state index in [1.54, 1.807) is 6.07 Å². The van der Waals surface area contributed by atoms with Crippen molar-refractivity contribution in [2.24, 2.45) is 0 Å². The van der Waals surface area contributed by atoms with Crippen LogP contribution < -0.4 is 5.32 Å². The van der Waals surface area contributed by atoms with E-state index in [-0.39, 0.29) is 12.6 Å². The maximum absolute atomic E-state index is 13.2. The summed E-state index contributed by atoms with van der Waals surface area (Å²) in [6.07, 6.45) is 4.66. The zero-order valence-electron chi connectivity index (χ0n) is 19.2. The molecule has 0 saturated carbocycles. The van der Waals surface area contributed by atoms with Crippen molar-refractivity contribution in [2.45, 2.75) is 43.0 Å². The van der Waals surface area contributed by atoms with Gasteiger partial charge >= 0.3 is 6.03 Å². The van der Waals surface area contributed by atoms with Gasteiger partial charge in [-0.1, -0.05) is 36.4 Å². The number of benzene rings is 2. The summed E-state index contributed by atoms with van der Waals surface area (Å²) in [5.74, 6) is -0.238. The average Bonchev–Trinajstić information content (AvgIpc) is 3.12. The lowest BCUT2D eigenvalue weighted by Crippen LogP contribution is -2.52. The minimum Gasteiger partial charge on any atom is -0.325 e. The number of carbonyl (C=O) groups is 2. The van der Waals surface area contributed by atoms with Gasteiger partial charge in [0.25, 0.3) is 5.91 Å². The van der Waals surface area contributed by atoms with E-state index >= 15 is 0 Å². The molecule has 1 N–H and O–H groups in total. The molecule has 2 saturated heterocycles. The van der Waals surface area contributed by atoms with Gasteiger partial charge < -0.3 is 5.32 Å². The van der Waals surface area contributed by atoms with Crippen LogP contribution in [0.3, 0.4) is 0 Å². The summed E-state index contributed by atoms with van der Waals surface area (Å²) in [6.45, 7) is 1.75. The molecule has 3 amide bonds. The molecule has 0 bridgehead atoms. The summed E-state index contributed by atoms with van der Waals surface area (Å²) in [4.78, 5) is 28.8. The molecular formula is C25H30N4O4S. The van der Waals surface area contributed by atoms with Crippen LogP contribution in [0, 0.1) is 0 Å². The standard InChI is InChI=1S/C25H30N4O4S/c30-24-23(16-19-6-2-1-3-7-19)26-25(31)29(24)18-27-12-14-28(15-13-27)34(32,33)22-11-10-20-8-4-5-9-21(20)17-22/h1-3,6-7,10-11,17,23H,4-5,8-9,12-16,18H2,(H,26,31)/t23-/m1/s1. The number of rotatable bonds is 6. The van der Waals surface area contributed by atoms with Crippen molar-refractivity contribution >= 4 is 22.0 Å². The molecule has 2 aromatic rings. The van der Waals surface area contributed by atoms with E-state index in [2.05, 4.69) is 5.32 Å². The highest BCUT2D eigenvalue weighted by Gasteiger charge is 2.39. The molecule has 5 rings (SSSR count). The molecule has 0 unspecified atom stereocenters. The zero-order valence-corrected chi connectivity index (χ0v) is 20.0. The minimum absolute atomic E-state index is 0.169. The predicted molar refractivity (Wildman–Crippen MR) is 128 cm³/mol. The van der Waals surface area contributed by atoms with Gasteiger partial charge in [-0.15, -0.1) is 0 Å². The van der Waals surface area contributed by atoms with Crippen molar-refractivity contribution < 1.29 is 18.0 Å². The molecule has 180 valence electrons. The van der Waals surface area contributed by atoms with Crippen LogP contribution in [-0.2, 0) is 34.1 Å². The van der Waals surface area contributed by atoms with E-state index in [1.807, 2.05) is 47.4 Å². The number of nitrogens with zero attached hydrogens (tertiary/aromatic N) is 3. The first-order valence-electron chi connectivity index (χ1n) is 11.9. The number of fused-ring (bicyclic) bond motifs is 1. The Bertz CT molecular complexity index is 1180. The van der Waals surface area contributed by atoms with Gasteiger partial charge in [-0.2, -0.15) is 4.31 Å². The van der Waals surface area contributed by atoms with Crippen molar-refractivity contribution in [3.8, 4) is 0 Å². The fourth-order valence-electron chi connectivity index (χ4n) is 5.03. The number of imide groups is 1. The lowest BCUT2D eigenvalue weighted by atomic mass is 9.92. The maximum atomic E-state index is 13.2. The quantitative estimate of drug-likeness (QED) is 0.636. The number of carbonyl (C=O) groups excluding carboxylic acids is 2. The monoisotopic (exact) mass is 482 g/mol. The van der Waals surface area contributed by atoms with E-state index < -0.39 is 22.1 Å². The van der Waals surface area contributed by atoms with Gasteiger partial charge in [0.2, 0.25) is 10.0 Å². The lowest BCUT2D eigenvalue weighted by Gasteiger charge is -2.35. The van der Waals surface area contributed by atoms with Crippen molar-refractivity contribution in [1.82, 2.24) is 19.4 Å². The third kappa shape index (κ3) is 4.60. The van der Waals surface area contributed by atoms with Crippen LogP contribution in [0.25, 0.3) is 0 Å². The van der Waals surface area contributed by atoms with E-state index in [9.17, 15) is 18.0 Å². The van der Waals surface area contributed by atoms with Gasteiger partial charge in [0, 0.05) is 32.6 Å². The Kier molecular flexibility index (Phi) is 6.42. The van der Waals surface area contributed by atoms with E-state index in [1.165, 1.54) is 14.8 Å². The second-order valence-electron chi connectivity index (χ2n) is 9.26. The summed E-state index contributed by atoms with van der Waals surface area (Å²) in [5.41, 5.74) is 3.40. The number of hydrogen-bond acceptors (Lipinski definition) is 5. The van der Waals surface area contributed by atoms with Crippen molar-refractivity contribution in [2.75, 3.05) is 32.8 Å². The molecule has 0 spiro atoms. The number of nitrogens with one attached hydrogen (secondary N) is 1. The first kappa shape index (κ1) is 23.0. The fraction of sp³-hybridized carbons (Fsp3) is 0.440. The summed E-state index contributed by atoms with van der Waals surface area (Å²) in [6, 6.07) is 14.2. The Balaban J connectivity index is 1.18. The maximum Gasteiger partial charge on any atom is 0.325 e. The first-order valence-corrected chi connectivity index (χ1v) is 13.4. The predicted octanol–water partition coefficient (Wildman–Crippen LogP) is 1.99. The number of amides is 3. The largest absolute Gasteiger partial charge is 0.325 e. The molecule has 2 fully saturated rings. The summed E-state index contributed by atoms with van der Waals surface area (Å²) in [7, 11) is -3.56. The smallest absolute Gasteiger partial charge is 0.325 e. The fourth-order valence-corrected chi connectivity index (χ4v) is 6.50. The third-order valence-electron chi connectivity index (χ3n) is 7.02. The normalized spacial score (nSPS) is 22.0. The highest BCUT2D eigenvalue weighted by molar-refractivity contribution is 7.89. The molecule has 2 aliphatic heterocycles. The molecular weight excluding hydrogens is 452 g/mol. The van der Waals surface area contributed by atoms with E-state index in [0.29, 0.717) is 37.5 Å². The van der Waals surface area contributed by atoms with Gasteiger partial charge in [0.1, 0.15) is 6.04 Å². The highest BCUT2D eigenvalue weighted by atomic mass is 32.2. The van der Waals surface area contributed by atoms with Crippen LogP contribution >= 0.6 is 0 Å². The SMILES string of the molecule is O=C1N[C@H](Cc2ccccc2)C(=O)N1CN1CCN(S(=O)(=O)c2ccc3c(c2)CCCC3)CC1. The molecule has 2 aromatic carbocycles. The van der Waals surface area contributed by atoms with Gasteiger partial charge in [-0.3, -0.25) is 9.69 Å². The van der Waals surface area contributed by atoms with Gasteiger partial charge in [-0.25, -0.2) is 18.1 Å². The Hall–Kier alpha value is -2.75. The van der Waals surface area contributed by atoms with Crippen LogP contribution in [0.15, 0.2) is 53.4 Å². The topological polar surface area (TPSA) is 90.0 Å². The molecule has 8 nitrogen and oxygen atoms in total. The molecule has 34 heavy (non-hydrogen) atoms. The van der Waals surface area contributed by atoms with Crippen molar-refractivity contribution in [3.05, 3.63) is 65.2 Å². The van der Waals surface area contributed by atoms with Crippen LogP contribution in [0.2, 0.25) is 0 Å². The molecule has 9 heteroatoms. The lowest BCUT2D eigenvalue weighted by molar-refractivity contribution is -0.129. The zero-order chi connectivity index (χ0) is 23.7. The molecule has 3 aliphatic rings. The minimum atomic E-state index is -3.56. The second-order valence-corrected chi connectivity index (χ2v) is 11.2. The Morgan fingerprint density at radius 1 is 0.882 bits per heavy atom. The number of sulfonamides is 1. The van der Waals surface area contributed by atoms with Gasteiger partial charge in [0.05, 0.1) is 11.6 Å². The second kappa shape index (κ2) is 9.48. The first-order chi connectivity index (χ1) is 16.4. The molecule has 0 aromatic heterocycles.